The Morgan fingerprint density at radius 3 is 2.74 bits per heavy atom. The molecule has 0 fully saturated rings. The first-order chi connectivity index (χ1) is 13.2. The van der Waals surface area contributed by atoms with Crippen molar-refractivity contribution in [1.29, 1.82) is 0 Å². The van der Waals surface area contributed by atoms with Crippen molar-refractivity contribution in [1.82, 2.24) is 4.98 Å². The number of thioether (sulfide) groups is 1. The van der Waals surface area contributed by atoms with Gasteiger partial charge in [0.2, 0.25) is 0 Å². The summed E-state index contributed by atoms with van der Waals surface area (Å²) in [5.74, 6) is 2.54. The molecule has 0 radical (unpaired) electrons. The smallest absolute Gasteiger partial charge is 0.161 e. The van der Waals surface area contributed by atoms with Crippen LogP contribution in [0.3, 0.4) is 0 Å². The second-order valence-corrected chi connectivity index (χ2v) is 8.01. The van der Waals surface area contributed by atoms with Crippen LogP contribution in [0, 0.1) is 0 Å². The SMILES string of the molecule is CSCc1cccc2c(C(C)(CCO)c3ccc4c(c3)OCCO4)c[nH]c12. The maximum Gasteiger partial charge on any atom is 0.161 e. The van der Waals surface area contributed by atoms with Gasteiger partial charge in [-0.05, 0) is 41.5 Å². The molecule has 0 bridgehead atoms. The molecular weight excluding hydrogens is 358 g/mol. The highest BCUT2D eigenvalue weighted by Gasteiger charge is 2.32. The lowest BCUT2D eigenvalue weighted by Crippen LogP contribution is -2.25. The summed E-state index contributed by atoms with van der Waals surface area (Å²) in [4.78, 5) is 3.49. The Hall–Kier alpha value is -2.11. The molecule has 2 aromatic carbocycles. The number of aliphatic hydroxyl groups is 1. The molecular formula is C22H25NO3S. The molecule has 1 aliphatic rings. The van der Waals surface area contributed by atoms with Gasteiger partial charge in [-0.15, -0.1) is 0 Å². The third-order valence-corrected chi connectivity index (χ3v) is 6.09. The van der Waals surface area contributed by atoms with E-state index in [2.05, 4.69) is 54.7 Å². The van der Waals surface area contributed by atoms with Gasteiger partial charge in [-0.1, -0.05) is 31.2 Å². The van der Waals surface area contributed by atoms with Crippen molar-refractivity contribution in [2.45, 2.75) is 24.5 Å². The van der Waals surface area contributed by atoms with Gasteiger partial charge in [0.05, 0.1) is 0 Å². The highest BCUT2D eigenvalue weighted by Crippen LogP contribution is 2.43. The van der Waals surface area contributed by atoms with Gasteiger partial charge in [0.15, 0.2) is 11.5 Å². The summed E-state index contributed by atoms with van der Waals surface area (Å²) >= 11 is 1.82. The molecule has 1 unspecified atom stereocenters. The van der Waals surface area contributed by atoms with E-state index >= 15 is 0 Å². The molecule has 1 atom stereocenters. The van der Waals surface area contributed by atoms with Gasteiger partial charge in [-0.2, -0.15) is 11.8 Å². The maximum absolute atomic E-state index is 9.84. The topological polar surface area (TPSA) is 54.5 Å². The predicted octanol–water partition coefficient (Wildman–Crippen LogP) is 4.49. The molecule has 4 rings (SSSR count). The minimum Gasteiger partial charge on any atom is -0.486 e. The van der Waals surface area contributed by atoms with Crippen LogP contribution < -0.4 is 9.47 Å². The lowest BCUT2D eigenvalue weighted by molar-refractivity contribution is 0.171. The second kappa shape index (κ2) is 7.49. The molecule has 4 nitrogen and oxygen atoms in total. The predicted molar refractivity (Wildman–Crippen MR) is 111 cm³/mol. The van der Waals surface area contributed by atoms with Crippen LogP contribution in [-0.2, 0) is 11.2 Å². The lowest BCUT2D eigenvalue weighted by atomic mass is 9.73. The molecule has 0 amide bonds. The summed E-state index contributed by atoms with van der Waals surface area (Å²) in [6.07, 6.45) is 4.85. The first-order valence-corrected chi connectivity index (χ1v) is 10.7. The van der Waals surface area contributed by atoms with Crippen LogP contribution in [-0.4, -0.2) is 36.2 Å². The lowest BCUT2D eigenvalue weighted by Gasteiger charge is -2.31. The van der Waals surface area contributed by atoms with Crippen molar-refractivity contribution < 1.29 is 14.6 Å². The molecule has 1 aromatic heterocycles. The van der Waals surface area contributed by atoms with Crippen LogP contribution >= 0.6 is 11.8 Å². The van der Waals surface area contributed by atoms with E-state index < -0.39 is 0 Å². The Balaban J connectivity index is 1.85. The Bertz CT molecular complexity index is 952. The van der Waals surface area contributed by atoms with Gasteiger partial charge in [0.1, 0.15) is 13.2 Å². The summed E-state index contributed by atoms with van der Waals surface area (Å²) in [5.41, 5.74) is 4.48. The van der Waals surface area contributed by atoms with Gasteiger partial charge in [0.25, 0.3) is 0 Å². The molecule has 27 heavy (non-hydrogen) atoms. The molecule has 0 spiro atoms. The monoisotopic (exact) mass is 383 g/mol. The highest BCUT2D eigenvalue weighted by molar-refractivity contribution is 7.97. The fraction of sp³-hybridized carbons (Fsp3) is 0.364. The largest absolute Gasteiger partial charge is 0.486 e. The number of rotatable bonds is 6. The van der Waals surface area contributed by atoms with Crippen molar-refractivity contribution in [2.75, 3.05) is 26.1 Å². The number of ether oxygens (including phenoxy) is 2. The molecule has 2 N–H and O–H groups in total. The summed E-state index contributed by atoms with van der Waals surface area (Å²) < 4.78 is 11.5. The van der Waals surface area contributed by atoms with E-state index in [0.717, 1.165) is 22.8 Å². The van der Waals surface area contributed by atoms with Gasteiger partial charge in [-0.25, -0.2) is 0 Å². The van der Waals surface area contributed by atoms with E-state index in [0.29, 0.717) is 19.6 Å². The number of aromatic nitrogens is 1. The molecule has 2 heterocycles. The number of hydrogen-bond donors (Lipinski definition) is 2. The first kappa shape index (κ1) is 18.3. The Kier molecular flexibility index (Phi) is 5.06. The van der Waals surface area contributed by atoms with Crippen molar-refractivity contribution >= 4 is 22.7 Å². The molecule has 5 heteroatoms. The van der Waals surface area contributed by atoms with Gasteiger partial charge in [0, 0.05) is 34.9 Å². The standard InChI is InChI=1S/C22H25NO3S/c1-22(8-9-24,16-6-7-19-20(12-16)26-11-10-25-19)18-13-23-21-15(14-27-2)4-3-5-17(18)21/h3-7,12-13,23-24H,8-11,14H2,1-2H3. The Morgan fingerprint density at radius 1 is 1.15 bits per heavy atom. The highest BCUT2D eigenvalue weighted by atomic mass is 32.2. The number of aromatic amines is 1. The summed E-state index contributed by atoms with van der Waals surface area (Å²) in [6, 6.07) is 12.6. The summed E-state index contributed by atoms with van der Waals surface area (Å²) in [6.45, 7) is 3.46. The van der Waals surface area contributed by atoms with E-state index in [-0.39, 0.29) is 12.0 Å². The number of fused-ring (bicyclic) bond motifs is 2. The molecule has 0 aliphatic carbocycles. The van der Waals surface area contributed by atoms with Gasteiger partial charge in [-0.3, -0.25) is 0 Å². The van der Waals surface area contributed by atoms with E-state index in [9.17, 15) is 5.11 Å². The van der Waals surface area contributed by atoms with Crippen LogP contribution in [0.25, 0.3) is 10.9 Å². The Morgan fingerprint density at radius 2 is 1.96 bits per heavy atom. The van der Waals surface area contributed by atoms with E-state index in [4.69, 9.17) is 9.47 Å². The number of hydrogen-bond acceptors (Lipinski definition) is 4. The number of H-pyrrole nitrogens is 1. The molecule has 1 aliphatic heterocycles. The molecule has 0 saturated heterocycles. The van der Waals surface area contributed by atoms with Crippen molar-refractivity contribution in [3.8, 4) is 11.5 Å². The molecule has 142 valence electrons. The van der Waals surface area contributed by atoms with Crippen LogP contribution in [0.5, 0.6) is 11.5 Å². The zero-order valence-corrected chi connectivity index (χ0v) is 16.6. The van der Waals surface area contributed by atoms with Crippen LogP contribution in [0.2, 0.25) is 0 Å². The summed E-state index contributed by atoms with van der Waals surface area (Å²) in [7, 11) is 0. The number of para-hydroxylation sites is 1. The van der Waals surface area contributed by atoms with E-state index in [1.165, 1.54) is 22.0 Å². The van der Waals surface area contributed by atoms with E-state index in [1.807, 2.05) is 17.8 Å². The van der Waals surface area contributed by atoms with Crippen LogP contribution in [0.4, 0.5) is 0 Å². The van der Waals surface area contributed by atoms with Crippen molar-refractivity contribution in [3.63, 3.8) is 0 Å². The average molecular weight is 384 g/mol. The third kappa shape index (κ3) is 3.19. The number of benzene rings is 2. The minimum atomic E-state index is -0.333. The Labute approximate surface area is 163 Å². The van der Waals surface area contributed by atoms with Crippen LogP contribution in [0.1, 0.15) is 30.0 Å². The average Bonchev–Trinajstić information content (AvgIpc) is 3.14. The van der Waals surface area contributed by atoms with Crippen molar-refractivity contribution in [3.05, 3.63) is 59.3 Å². The fourth-order valence-electron chi connectivity index (χ4n) is 3.99. The van der Waals surface area contributed by atoms with Crippen LogP contribution in [0.15, 0.2) is 42.6 Å². The second-order valence-electron chi connectivity index (χ2n) is 7.14. The number of nitrogens with one attached hydrogen (secondary N) is 1. The summed E-state index contributed by atoms with van der Waals surface area (Å²) in [5, 5.41) is 11.1. The van der Waals surface area contributed by atoms with Gasteiger partial charge >= 0.3 is 0 Å². The van der Waals surface area contributed by atoms with Gasteiger partial charge < -0.3 is 19.6 Å². The first-order valence-electron chi connectivity index (χ1n) is 9.27. The third-order valence-electron chi connectivity index (χ3n) is 5.49. The molecule has 3 aromatic rings. The minimum absolute atomic E-state index is 0.113. The molecule has 0 saturated carbocycles. The maximum atomic E-state index is 9.84. The normalized spacial score (nSPS) is 15.7. The van der Waals surface area contributed by atoms with E-state index in [1.54, 1.807) is 0 Å². The zero-order valence-electron chi connectivity index (χ0n) is 15.7. The fourth-order valence-corrected chi connectivity index (χ4v) is 4.55. The quantitative estimate of drug-likeness (QED) is 0.658. The number of aliphatic hydroxyl groups excluding tert-OH is 1. The zero-order chi connectivity index (χ0) is 18.9. The van der Waals surface area contributed by atoms with Crippen molar-refractivity contribution in [2.24, 2.45) is 0 Å².